The Kier molecular flexibility index (Phi) is 4.63. The molecule has 5 nitrogen and oxygen atoms in total. The Balaban J connectivity index is 1.72. The number of hydrogen-bond acceptors (Lipinski definition) is 4. The second kappa shape index (κ2) is 6.43. The van der Waals surface area contributed by atoms with E-state index in [0.29, 0.717) is 18.8 Å². The molecule has 1 aromatic rings. The molecule has 0 aliphatic carbocycles. The number of phenolic OH excluding ortho intramolecular Hbond substituents is 1. The summed E-state index contributed by atoms with van der Waals surface area (Å²) in [7, 11) is 2.06. The van der Waals surface area contributed by atoms with Crippen molar-refractivity contribution in [3.8, 4) is 11.5 Å². The van der Waals surface area contributed by atoms with E-state index in [0.717, 1.165) is 26.2 Å². The fourth-order valence-corrected chi connectivity index (χ4v) is 2.04. The third kappa shape index (κ3) is 4.13. The fourth-order valence-electron chi connectivity index (χ4n) is 2.04. The van der Waals surface area contributed by atoms with Gasteiger partial charge in [-0.15, -0.1) is 0 Å². The molecule has 0 bridgehead atoms. The van der Waals surface area contributed by atoms with E-state index in [2.05, 4.69) is 11.9 Å². The Hall–Kier alpha value is -1.75. The minimum absolute atomic E-state index is 0.133. The minimum atomic E-state index is 0.133. The Morgan fingerprint density at radius 3 is 2.74 bits per heavy atom. The van der Waals surface area contributed by atoms with Crippen molar-refractivity contribution in [3.05, 3.63) is 24.3 Å². The normalized spacial score (nSPS) is 16.4. The first-order chi connectivity index (χ1) is 9.15. The molecule has 0 unspecified atom stereocenters. The van der Waals surface area contributed by atoms with E-state index in [1.165, 1.54) is 0 Å². The van der Waals surface area contributed by atoms with Gasteiger partial charge in [-0.05, 0) is 19.2 Å². The monoisotopic (exact) mass is 264 g/mol. The number of nitrogens with zero attached hydrogens (tertiary/aromatic N) is 2. The molecule has 0 spiro atoms. The van der Waals surface area contributed by atoms with E-state index in [1.807, 2.05) is 4.90 Å². The highest BCUT2D eigenvalue weighted by Gasteiger charge is 2.18. The molecule has 0 radical (unpaired) electrons. The van der Waals surface area contributed by atoms with Crippen molar-refractivity contribution < 1.29 is 14.6 Å². The van der Waals surface area contributed by atoms with E-state index in [1.54, 1.807) is 24.3 Å². The summed E-state index contributed by atoms with van der Waals surface area (Å²) in [6.45, 7) is 3.79. The van der Waals surface area contributed by atoms with Crippen LogP contribution in [0.15, 0.2) is 24.3 Å². The van der Waals surface area contributed by atoms with Gasteiger partial charge in [-0.3, -0.25) is 4.79 Å². The number of hydrogen-bond donors (Lipinski definition) is 1. The molecule has 1 N–H and O–H groups in total. The first kappa shape index (κ1) is 13.7. The maximum Gasteiger partial charge on any atom is 0.226 e. The second-order valence-electron chi connectivity index (χ2n) is 4.78. The van der Waals surface area contributed by atoms with Gasteiger partial charge in [0.05, 0.1) is 13.0 Å². The molecule has 1 aliphatic heterocycles. The van der Waals surface area contributed by atoms with Crippen LogP contribution < -0.4 is 4.74 Å². The van der Waals surface area contributed by atoms with E-state index in [4.69, 9.17) is 4.74 Å². The third-order valence-electron chi connectivity index (χ3n) is 3.26. The van der Waals surface area contributed by atoms with Crippen molar-refractivity contribution >= 4 is 5.91 Å². The van der Waals surface area contributed by atoms with Crippen LogP contribution in [0.1, 0.15) is 6.42 Å². The van der Waals surface area contributed by atoms with Gasteiger partial charge in [0, 0.05) is 32.2 Å². The first-order valence-electron chi connectivity index (χ1n) is 6.53. The maximum atomic E-state index is 11.9. The lowest BCUT2D eigenvalue weighted by atomic mass is 10.3. The van der Waals surface area contributed by atoms with Gasteiger partial charge in [-0.25, -0.2) is 0 Å². The van der Waals surface area contributed by atoms with Crippen LogP contribution >= 0.6 is 0 Å². The summed E-state index contributed by atoms with van der Waals surface area (Å²) in [6, 6.07) is 6.61. The molecule has 2 rings (SSSR count). The van der Waals surface area contributed by atoms with Crippen LogP contribution in [0.5, 0.6) is 11.5 Å². The van der Waals surface area contributed by atoms with Gasteiger partial charge >= 0.3 is 0 Å². The number of ether oxygens (including phenoxy) is 1. The molecule has 19 heavy (non-hydrogen) atoms. The topological polar surface area (TPSA) is 53.0 Å². The van der Waals surface area contributed by atoms with Crippen LogP contribution in [0.25, 0.3) is 0 Å². The number of carbonyl (C=O) groups is 1. The van der Waals surface area contributed by atoms with E-state index in [-0.39, 0.29) is 11.7 Å². The zero-order valence-corrected chi connectivity index (χ0v) is 11.2. The predicted molar refractivity (Wildman–Crippen MR) is 72.3 cm³/mol. The number of phenols is 1. The molecule has 1 aromatic carbocycles. The Morgan fingerprint density at radius 1 is 1.32 bits per heavy atom. The van der Waals surface area contributed by atoms with E-state index >= 15 is 0 Å². The van der Waals surface area contributed by atoms with Crippen molar-refractivity contribution in [1.29, 1.82) is 0 Å². The standard InChI is InChI=1S/C14H20N2O3/c1-15-6-8-16(9-7-15)14(18)5-10-19-13-4-2-3-12(17)11-13/h2-4,11,17H,5-10H2,1H3. The van der Waals surface area contributed by atoms with Crippen LogP contribution in [0.3, 0.4) is 0 Å². The highest BCUT2D eigenvalue weighted by Crippen LogP contribution is 2.17. The highest BCUT2D eigenvalue weighted by atomic mass is 16.5. The Labute approximate surface area is 113 Å². The lowest BCUT2D eigenvalue weighted by Crippen LogP contribution is -2.47. The van der Waals surface area contributed by atoms with Gasteiger partial charge in [0.25, 0.3) is 0 Å². The third-order valence-corrected chi connectivity index (χ3v) is 3.26. The number of aromatic hydroxyl groups is 1. The minimum Gasteiger partial charge on any atom is -0.508 e. The largest absolute Gasteiger partial charge is 0.508 e. The number of piperazine rings is 1. The quantitative estimate of drug-likeness (QED) is 0.879. The molecule has 1 fully saturated rings. The zero-order chi connectivity index (χ0) is 13.7. The smallest absolute Gasteiger partial charge is 0.226 e. The number of rotatable bonds is 4. The molecule has 5 heteroatoms. The predicted octanol–water partition coefficient (Wildman–Crippen LogP) is 0.935. The zero-order valence-electron chi connectivity index (χ0n) is 11.2. The van der Waals surface area contributed by atoms with Gasteiger partial charge in [-0.1, -0.05) is 6.07 Å². The average Bonchev–Trinajstić information content (AvgIpc) is 2.39. The van der Waals surface area contributed by atoms with Gasteiger partial charge < -0.3 is 19.6 Å². The van der Waals surface area contributed by atoms with Crippen LogP contribution in [-0.2, 0) is 4.79 Å². The van der Waals surface area contributed by atoms with Crippen molar-refractivity contribution in [2.24, 2.45) is 0 Å². The van der Waals surface area contributed by atoms with Gasteiger partial charge in [0.15, 0.2) is 0 Å². The average molecular weight is 264 g/mol. The second-order valence-corrected chi connectivity index (χ2v) is 4.78. The molecule has 104 valence electrons. The van der Waals surface area contributed by atoms with Crippen molar-refractivity contribution in [3.63, 3.8) is 0 Å². The molecular formula is C14H20N2O3. The number of carbonyl (C=O) groups excluding carboxylic acids is 1. The molecule has 0 atom stereocenters. The van der Waals surface area contributed by atoms with E-state index in [9.17, 15) is 9.90 Å². The summed E-state index contributed by atoms with van der Waals surface area (Å²) in [5.74, 6) is 0.891. The molecule has 1 aliphatic rings. The lowest BCUT2D eigenvalue weighted by molar-refractivity contribution is -0.133. The van der Waals surface area contributed by atoms with Gasteiger partial charge in [0.2, 0.25) is 5.91 Å². The van der Waals surface area contributed by atoms with Crippen molar-refractivity contribution in [2.75, 3.05) is 39.8 Å². The molecule has 1 amide bonds. The highest BCUT2D eigenvalue weighted by molar-refractivity contribution is 5.76. The molecular weight excluding hydrogens is 244 g/mol. The molecule has 1 saturated heterocycles. The molecule has 0 aromatic heterocycles. The summed E-state index contributed by atoms with van der Waals surface area (Å²) < 4.78 is 5.45. The first-order valence-corrected chi connectivity index (χ1v) is 6.53. The fraction of sp³-hybridized carbons (Fsp3) is 0.500. The summed E-state index contributed by atoms with van der Waals surface area (Å²) in [5, 5.41) is 9.29. The molecule has 1 heterocycles. The number of likely N-dealkylation sites (N-methyl/N-ethyl adjacent to an activating group) is 1. The summed E-state index contributed by atoms with van der Waals surface area (Å²) in [6.07, 6.45) is 0.374. The number of benzene rings is 1. The van der Waals surface area contributed by atoms with Gasteiger partial charge in [0.1, 0.15) is 11.5 Å². The van der Waals surface area contributed by atoms with Crippen molar-refractivity contribution in [1.82, 2.24) is 9.80 Å². The van der Waals surface area contributed by atoms with Gasteiger partial charge in [-0.2, -0.15) is 0 Å². The van der Waals surface area contributed by atoms with E-state index < -0.39 is 0 Å². The Bertz CT molecular complexity index is 428. The van der Waals surface area contributed by atoms with Crippen molar-refractivity contribution in [2.45, 2.75) is 6.42 Å². The Morgan fingerprint density at radius 2 is 2.05 bits per heavy atom. The summed E-state index contributed by atoms with van der Waals surface area (Å²) in [4.78, 5) is 16.0. The molecule has 0 saturated carbocycles. The SMILES string of the molecule is CN1CCN(C(=O)CCOc2cccc(O)c2)CC1. The van der Waals surface area contributed by atoms with Crippen LogP contribution in [0.4, 0.5) is 0 Å². The van der Waals surface area contributed by atoms with Crippen LogP contribution in [-0.4, -0.2) is 60.6 Å². The number of amides is 1. The summed E-state index contributed by atoms with van der Waals surface area (Å²) >= 11 is 0. The lowest BCUT2D eigenvalue weighted by Gasteiger charge is -2.32. The van der Waals surface area contributed by atoms with Crippen LogP contribution in [0.2, 0.25) is 0 Å². The maximum absolute atomic E-state index is 11.9. The summed E-state index contributed by atoms with van der Waals surface area (Å²) in [5.41, 5.74) is 0. The van der Waals surface area contributed by atoms with Crippen LogP contribution in [0, 0.1) is 0 Å².